The third-order valence-corrected chi connectivity index (χ3v) is 4.48. The van der Waals surface area contributed by atoms with Crippen molar-refractivity contribution in [2.45, 2.75) is 20.3 Å². The van der Waals surface area contributed by atoms with E-state index >= 15 is 0 Å². The molecule has 160 valence electrons. The molecule has 0 aliphatic heterocycles. The highest BCUT2D eigenvalue weighted by atomic mass is 16.5. The predicted octanol–water partition coefficient (Wildman–Crippen LogP) is 2.91. The summed E-state index contributed by atoms with van der Waals surface area (Å²) >= 11 is 0. The maximum atomic E-state index is 12.7. The monoisotopic (exact) mass is 421 g/mol. The van der Waals surface area contributed by atoms with Crippen LogP contribution in [-0.4, -0.2) is 35.4 Å². The van der Waals surface area contributed by atoms with Crippen molar-refractivity contribution in [1.82, 2.24) is 9.78 Å². The van der Waals surface area contributed by atoms with Crippen molar-refractivity contribution in [2.24, 2.45) is 0 Å². The second kappa shape index (κ2) is 9.71. The van der Waals surface area contributed by atoms with E-state index < -0.39 is 17.4 Å². The van der Waals surface area contributed by atoms with Crippen molar-refractivity contribution >= 4 is 17.6 Å². The molecule has 0 atom stereocenters. The minimum absolute atomic E-state index is 0.00493. The summed E-state index contributed by atoms with van der Waals surface area (Å²) < 4.78 is 11.3. The van der Waals surface area contributed by atoms with Crippen LogP contribution >= 0.6 is 0 Å². The number of aryl methyl sites for hydroxylation is 1. The number of amides is 1. The fraction of sp³-hybridized carbons (Fsp3) is 0.217. The number of methoxy groups -OCH3 is 1. The van der Waals surface area contributed by atoms with E-state index in [-0.39, 0.29) is 24.4 Å². The van der Waals surface area contributed by atoms with Gasteiger partial charge in [0.15, 0.2) is 5.69 Å². The van der Waals surface area contributed by atoms with E-state index in [0.717, 1.165) is 15.8 Å². The van der Waals surface area contributed by atoms with Gasteiger partial charge in [-0.15, -0.1) is 0 Å². The number of nitrogens with zero attached hydrogens (tertiary/aromatic N) is 2. The second-order valence-corrected chi connectivity index (χ2v) is 6.79. The SMILES string of the molecule is CCOC(=O)c1nn(-c2ccc(C)cc2)c(=O)cc1NC(=O)Cc1ccc(OC)cc1. The summed E-state index contributed by atoms with van der Waals surface area (Å²) in [7, 11) is 1.56. The molecule has 8 heteroatoms. The van der Waals surface area contributed by atoms with Crippen LogP contribution in [0.1, 0.15) is 28.5 Å². The molecule has 0 unspecified atom stereocenters. The first-order valence-corrected chi connectivity index (χ1v) is 9.72. The number of hydrogen-bond acceptors (Lipinski definition) is 6. The van der Waals surface area contributed by atoms with Gasteiger partial charge in [0.25, 0.3) is 5.56 Å². The van der Waals surface area contributed by atoms with Gasteiger partial charge in [-0.1, -0.05) is 29.8 Å². The Morgan fingerprint density at radius 1 is 1.06 bits per heavy atom. The van der Waals surface area contributed by atoms with Gasteiger partial charge < -0.3 is 14.8 Å². The van der Waals surface area contributed by atoms with Crippen LogP contribution in [0.15, 0.2) is 59.4 Å². The third kappa shape index (κ3) is 5.36. The van der Waals surface area contributed by atoms with Crippen molar-refractivity contribution in [3.05, 3.63) is 81.8 Å². The number of rotatable bonds is 7. The highest BCUT2D eigenvalue weighted by Crippen LogP contribution is 2.16. The Labute approximate surface area is 179 Å². The average Bonchev–Trinajstić information content (AvgIpc) is 2.75. The van der Waals surface area contributed by atoms with Crippen LogP contribution in [0, 0.1) is 6.92 Å². The van der Waals surface area contributed by atoms with Crippen LogP contribution in [0.2, 0.25) is 0 Å². The van der Waals surface area contributed by atoms with Crippen LogP contribution in [-0.2, 0) is 16.0 Å². The molecule has 8 nitrogen and oxygen atoms in total. The maximum absolute atomic E-state index is 12.7. The second-order valence-electron chi connectivity index (χ2n) is 6.79. The van der Waals surface area contributed by atoms with Crippen LogP contribution in [0.3, 0.4) is 0 Å². The lowest BCUT2D eigenvalue weighted by Gasteiger charge is -2.12. The molecule has 2 aromatic carbocycles. The molecule has 0 spiro atoms. The predicted molar refractivity (Wildman–Crippen MR) is 116 cm³/mol. The number of anilines is 1. The van der Waals surface area contributed by atoms with Crippen LogP contribution in [0.4, 0.5) is 5.69 Å². The Kier molecular flexibility index (Phi) is 6.81. The van der Waals surface area contributed by atoms with Gasteiger partial charge in [-0.05, 0) is 43.7 Å². The number of esters is 1. The standard InChI is InChI=1S/C23H23N3O5/c1-4-31-23(29)22-19(24-20(27)13-16-7-11-18(30-3)12-8-16)14-21(28)26(25-22)17-9-5-15(2)6-10-17/h5-12,14H,4,13H2,1-3H3,(H,24,27). The quantitative estimate of drug-likeness (QED) is 0.589. The van der Waals surface area contributed by atoms with Crippen molar-refractivity contribution in [2.75, 3.05) is 19.0 Å². The third-order valence-electron chi connectivity index (χ3n) is 4.48. The molecule has 0 aliphatic carbocycles. The molecule has 0 aliphatic rings. The van der Waals surface area contributed by atoms with Gasteiger partial charge in [0.05, 0.1) is 31.5 Å². The normalized spacial score (nSPS) is 10.4. The van der Waals surface area contributed by atoms with E-state index in [9.17, 15) is 14.4 Å². The van der Waals surface area contributed by atoms with E-state index in [1.165, 1.54) is 6.07 Å². The Hall–Kier alpha value is -3.94. The van der Waals surface area contributed by atoms with Gasteiger partial charge in [0, 0.05) is 6.07 Å². The maximum Gasteiger partial charge on any atom is 0.360 e. The average molecular weight is 421 g/mol. The highest BCUT2D eigenvalue weighted by molar-refractivity contribution is 6.00. The smallest absolute Gasteiger partial charge is 0.360 e. The van der Waals surface area contributed by atoms with E-state index in [2.05, 4.69) is 10.4 Å². The molecule has 0 saturated carbocycles. The summed E-state index contributed by atoms with van der Waals surface area (Å²) in [6.45, 7) is 3.71. The molecule has 0 radical (unpaired) electrons. The molecular weight excluding hydrogens is 398 g/mol. The summed E-state index contributed by atoms with van der Waals surface area (Å²) in [4.78, 5) is 37.7. The lowest BCUT2D eigenvalue weighted by atomic mass is 10.1. The number of ether oxygens (including phenoxy) is 2. The van der Waals surface area contributed by atoms with Gasteiger partial charge in [0.1, 0.15) is 5.75 Å². The fourth-order valence-corrected chi connectivity index (χ4v) is 2.90. The Morgan fingerprint density at radius 2 is 1.74 bits per heavy atom. The zero-order valence-corrected chi connectivity index (χ0v) is 17.5. The summed E-state index contributed by atoms with van der Waals surface area (Å²) in [5.74, 6) is -0.453. The van der Waals surface area contributed by atoms with Crippen molar-refractivity contribution in [1.29, 1.82) is 0 Å². The highest BCUT2D eigenvalue weighted by Gasteiger charge is 2.20. The number of carbonyl (C=O) groups excluding carboxylic acids is 2. The largest absolute Gasteiger partial charge is 0.497 e. The molecule has 1 heterocycles. The Morgan fingerprint density at radius 3 is 2.35 bits per heavy atom. The number of aromatic nitrogens is 2. The molecular formula is C23H23N3O5. The topological polar surface area (TPSA) is 99.5 Å². The van der Waals surface area contributed by atoms with E-state index in [1.807, 2.05) is 19.1 Å². The van der Waals surface area contributed by atoms with Crippen LogP contribution in [0.5, 0.6) is 5.75 Å². The molecule has 1 aromatic heterocycles. The molecule has 31 heavy (non-hydrogen) atoms. The summed E-state index contributed by atoms with van der Waals surface area (Å²) in [6, 6.07) is 15.3. The lowest BCUT2D eigenvalue weighted by Crippen LogP contribution is -2.27. The fourth-order valence-electron chi connectivity index (χ4n) is 2.90. The zero-order chi connectivity index (χ0) is 22.4. The van der Waals surface area contributed by atoms with Gasteiger partial charge in [0.2, 0.25) is 5.91 Å². The molecule has 0 fully saturated rings. The minimum Gasteiger partial charge on any atom is -0.497 e. The number of benzene rings is 2. The molecule has 0 bridgehead atoms. The first kappa shape index (κ1) is 21.8. The molecule has 1 amide bonds. The van der Waals surface area contributed by atoms with E-state index in [1.54, 1.807) is 50.4 Å². The van der Waals surface area contributed by atoms with E-state index in [4.69, 9.17) is 9.47 Å². The molecule has 1 N–H and O–H groups in total. The molecule has 3 rings (SSSR count). The van der Waals surface area contributed by atoms with Gasteiger partial charge >= 0.3 is 5.97 Å². The van der Waals surface area contributed by atoms with Crippen LogP contribution < -0.4 is 15.6 Å². The number of carbonyl (C=O) groups is 2. The van der Waals surface area contributed by atoms with Crippen molar-refractivity contribution in [3.8, 4) is 11.4 Å². The summed E-state index contributed by atoms with van der Waals surface area (Å²) in [5.41, 5.74) is 1.63. The minimum atomic E-state index is -0.733. The van der Waals surface area contributed by atoms with Gasteiger partial charge in [-0.25, -0.2) is 4.79 Å². The van der Waals surface area contributed by atoms with Gasteiger partial charge in [-0.3, -0.25) is 9.59 Å². The van der Waals surface area contributed by atoms with Crippen molar-refractivity contribution < 1.29 is 19.1 Å². The summed E-state index contributed by atoms with van der Waals surface area (Å²) in [5, 5.41) is 6.78. The zero-order valence-electron chi connectivity index (χ0n) is 17.5. The lowest BCUT2D eigenvalue weighted by molar-refractivity contribution is -0.115. The summed E-state index contributed by atoms with van der Waals surface area (Å²) in [6.07, 6.45) is 0.0489. The first-order valence-electron chi connectivity index (χ1n) is 9.72. The Bertz CT molecular complexity index is 1140. The van der Waals surface area contributed by atoms with Crippen molar-refractivity contribution in [3.63, 3.8) is 0 Å². The van der Waals surface area contributed by atoms with Gasteiger partial charge in [-0.2, -0.15) is 9.78 Å². The first-order chi connectivity index (χ1) is 14.9. The molecule has 0 saturated heterocycles. The number of hydrogen-bond donors (Lipinski definition) is 1. The van der Waals surface area contributed by atoms with E-state index in [0.29, 0.717) is 11.4 Å². The number of nitrogens with one attached hydrogen (secondary N) is 1. The van der Waals surface area contributed by atoms with Crippen LogP contribution in [0.25, 0.3) is 5.69 Å². The Balaban J connectivity index is 1.91. The molecule has 3 aromatic rings.